The number of pyridine rings is 1. The Balaban J connectivity index is 1.29. The molecule has 2 aliphatic rings. The van der Waals surface area contributed by atoms with Gasteiger partial charge in [0.15, 0.2) is 0 Å². The van der Waals surface area contributed by atoms with E-state index < -0.39 is 18.0 Å². The minimum Gasteiger partial charge on any atom is -0.481 e. The molecule has 2 heterocycles. The molecule has 3 rings (SSSR count). The van der Waals surface area contributed by atoms with Gasteiger partial charge in [0, 0.05) is 25.4 Å². The smallest absolute Gasteiger partial charge is 0.404 e. The van der Waals surface area contributed by atoms with Crippen LogP contribution in [0.4, 0.5) is 10.6 Å². The third-order valence-corrected chi connectivity index (χ3v) is 5.89. The maximum Gasteiger partial charge on any atom is 0.404 e. The maximum atomic E-state index is 11.3. The number of aliphatic carboxylic acids is 1. The molecule has 8 nitrogen and oxygen atoms in total. The number of amides is 1. The molecule has 8 heteroatoms. The Morgan fingerprint density at radius 3 is 2.86 bits per heavy atom. The Kier molecular flexibility index (Phi) is 7.69. The number of carbonyl (C=O) groups is 2. The summed E-state index contributed by atoms with van der Waals surface area (Å²) >= 11 is 0. The molecular weight excluding hydrogens is 374 g/mol. The number of nitrogens with one attached hydrogen (secondary N) is 2. The lowest BCUT2D eigenvalue weighted by Crippen LogP contribution is -2.33. The first kappa shape index (κ1) is 21.4. The average molecular weight is 405 g/mol. The van der Waals surface area contributed by atoms with Gasteiger partial charge in [-0.15, -0.1) is 0 Å². The molecule has 1 amide bonds. The molecule has 1 atom stereocenters. The van der Waals surface area contributed by atoms with E-state index in [1.165, 1.54) is 12.0 Å². The Morgan fingerprint density at radius 1 is 1.28 bits per heavy atom. The number of carboxylic acids is 1. The van der Waals surface area contributed by atoms with E-state index in [1.54, 1.807) is 0 Å². The molecule has 4 N–H and O–H groups in total. The van der Waals surface area contributed by atoms with Gasteiger partial charge < -0.3 is 25.6 Å². The van der Waals surface area contributed by atoms with E-state index in [-0.39, 0.29) is 19.1 Å². The van der Waals surface area contributed by atoms with E-state index in [0.717, 1.165) is 50.2 Å². The summed E-state index contributed by atoms with van der Waals surface area (Å²) in [6.07, 6.45) is 6.15. The van der Waals surface area contributed by atoms with Crippen LogP contribution in [0.2, 0.25) is 0 Å². The minimum atomic E-state index is -1.13. The fraction of sp³-hybridized carbons (Fsp3) is 0.667. The third kappa shape index (κ3) is 6.59. The zero-order valence-electron chi connectivity index (χ0n) is 16.7. The van der Waals surface area contributed by atoms with Gasteiger partial charge in [0.1, 0.15) is 5.82 Å². The zero-order valence-corrected chi connectivity index (χ0v) is 16.7. The molecule has 1 saturated carbocycles. The van der Waals surface area contributed by atoms with Crippen molar-refractivity contribution in [1.29, 1.82) is 0 Å². The van der Waals surface area contributed by atoms with E-state index >= 15 is 0 Å². The number of nitrogens with zero attached hydrogens (tertiary/aromatic N) is 1. The van der Waals surface area contributed by atoms with Gasteiger partial charge in [0.25, 0.3) is 0 Å². The Morgan fingerprint density at radius 2 is 2.10 bits per heavy atom. The Hall–Kier alpha value is -2.35. The highest BCUT2D eigenvalue weighted by Gasteiger charge is 2.30. The number of aromatic nitrogens is 1. The second-order valence-electron chi connectivity index (χ2n) is 8.05. The Labute approximate surface area is 171 Å². The SMILES string of the molecule is O=C(O)NCCC(CCOC1CC(CCc2ccc3c(n2)NCCC3)C1)C(=O)O. The van der Waals surface area contributed by atoms with Gasteiger partial charge >= 0.3 is 12.1 Å². The lowest BCUT2D eigenvalue weighted by atomic mass is 9.79. The van der Waals surface area contributed by atoms with Gasteiger partial charge in [0.2, 0.25) is 0 Å². The highest BCUT2D eigenvalue weighted by molar-refractivity contribution is 5.70. The topological polar surface area (TPSA) is 121 Å². The van der Waals surface area contributed by atoms with Crippen molar-refractivity contribution in [2.75, 3.05) is 25.0 Å². The summed E-state index contributed by atoms with van der Waals surface area (Å²) < 4.78 is 5.82. The fourth-order valence-electron chi connectivity index (χ4n) is 4.03. The van der Waals surface area contributed by atoms with Crippen molar-refractivity contribution in [2.45, 2.75) is 57.5 Å². The molecule has 0 saturated heterocycles. The minimum absolute atomic E-state index is 0.143. The molecule has 160 valence electrons. The van der Waals surface area contributed by atoms with E-state index in [0.29, 0.717) is 18.9 Å². The first-order valence-electron chi connectivity index (χ1n) is 10.5. The molecule has 0 spiro atoms. The highest BCUT2D eigenvalue weighted by Crippen LogP contribution is 2.34. The molecule has 1 aromatic rings. The van der Waals surface area contributed by atoms with E-state index in [9.17, 15) is 14.7 Å². The van der Waals surface area contributed by atoms with Crippen LogP contribution in [-0.2, 0) is 22.4 Å². The van der Waals surface area contributed by atoms with Gasteiger partial charge in [-0.2, -0.15) is 0 Å². The molecular formula is C21H31N3O5. The van der Waals surface area contributed by atoms with Crippen LogP contribution < -0.4 is 10.6 Å². The van der Waals surface area contributed by atoms with Crippen molar-refractivity contribution in [3.63, 3.8) is 0 Å². The van der Waals surface area contributed by atoms with Crippen molar-refractivity contribution in [2.24, 2.45) is 11.8 Å². The monoisotopic (exact) mass is 405 g/mol. The van der Waals surface area contributed by atoms with Crippen LogP contribution >= 0.6 is 0 Å². The summed E-state index contributed by atoms with van der Waals surface area (Å²) in [6, 6.07) is 4.34. The first-order valence-corrected chi connectivity index (χ1v) is 10.5. The summed E-state index contributed by atoms with van der Waals surface area (Å²) in [5.41, 5.74) is 2.46. The van der Waals surface area contributed by atoms with Crippen molar-refractivity contribution in [1.82, 2.24) is 10.3 Å². The van der Waals surface area contributed by atoms with Crippen LogP contribution in [0.15, 0.2) is 12.1 Å². The van der Waals surface area contributed by atoms with Crippen LogP contribution in [0, 0.1) is 11.8 Å². The summed E-state index contributed by atoms with van der Waals surface area (Å²) in [5.74, 6) is 0.205. The molecule has 0 radical (unpaired) electrons. The normalized spacial score (nSPS) is 21.4. The molecule has 1 aliphatic carbocycles. The van der Waals surface area contributed by atoms with Crippen LogP contribution in [0.5, 0.6) is 0 Å². The molecule has 0 aromatic carbocycles. The molecule has 1 aromatic heterocycles. The summed E-state index contributed by atoms with van der Waals surface area (Å²) in [7, 11) is 0. The number of hydrogen-bond donors (Lipinski definition) is 4. The number of anilines is 1. The van der Waals surface area contributed by atoms with E-state index in [1.807, 2.05) is 0 Å². The number of ether oxygens (including phenoxy) is 1. The number of hydrogen-bond acceptors (Lipinski definition) is 5. The number of carboxylic acid groups (broad SMARTS) is 2. The van der Waals surface area contributed by atoms with Crippen molar-refractivity contribution in [3.05, 3.63) is 23.4 Å². The lowest BCUT2D eigenvalue weighted by molar-refractivity contribution is -0.143. The largest absolute Gasteiger partial charge is 0.481 e. The third-order valence-electron chi connectivity index (χ3n) is 5.89. The second kappa shape index (κ2) is 10.4. The first-order chi connectivity index (χ1) is 14.0. The van der Waals surface area contributed by atoms with Crippen LogP contribution in [0.3, 0.4) is 0 Å². The van der Waals surface area contributed by atoms with Gasteiger partial charge in [0.05, 0.1) is 12.0 Å². The van der Waals surface area contributed by atoms with E-state index in [4.69, 9.17) is 14.8 Å². The summed E-state index contributed by atoms with van der Waals surface area (Å²) in [6.45, 7) is 1.55. The van der Waals surface area contributed by atoms with Gasteiger partial charge in [-0.1, -0.05) is 6.07 Å². The van der Waals surface area contributed by atoms with Gasteiger partial charge in [-0.25, -0.2) is 9.78 Å². The Bertz CT molecular complexity index is 706. The highest BCUT2D eigenvalue weighted by atomic mass is 16.5. The number of rotatable bonds is 11. The predicted octanol–water partition coefficient (Wildman–Crippen LogP) is 2.92. The van der Waals surface area contributed by atoms with Gasteiger partial charge in [-0.3, -0.25) is 4.79 Å². The predicted molar refractivity (Wildman–Crippen MR) is 108 cm³/mol. The zero-order chi connectivity index (χ0) is 20.6. The van der Waals surface area contributed by atoms with Crippen LogP contribution in [0.25, 0.3) is 0 Å². The second-order valence-corrected chi connectivity index (χ2v) is 8.05. The quantitative estimate of drug-likeness (QED) is 0.447. The van der Waals surface area contributed by atoms with Crippen LogP contribution in [-0.4, -0.2) is 53.1 Å². The standard InChI is InChI=1S/C21H31N3O5/c25-20(26)16(7-10-23-21(27)28)8-11-29-18-12-14(13-18)3-5-17-6-4-15-2-1-9-22-19(15)24-17/h4,6,14,16,18,23H,1-3,5,7-13H2,(H,22,24)(H,25,26)(H,27,28). The fourth-order valence-corrected chi connectivity index (χ4v) is 4.03. The lowest BCUT2D eigenvalue weighted by Gasteiger charge is -2.35. The maximum absolute atomic E-state index is 11.3. The molecule has 0 bridgehead atoms. The van der Waals surface area contributed by atoms with Crippen molar-refractivity contribution >= 4 is 17.9 Å². The number of aryl methyl sites for hydroxylation is 2. The van der Waals surface area contributed by atoms with Crippen LogP contribution in [0.1, 0.15) is 49.8 Å². The summed E-state index contributed by atoms with van der Waals surface area (Å²) in [5, 5.41) is 23.4. The van der Waals surface area contributed by atoms with Crippen molar-refractivity contribution < 1.29 is 24.5 Å². The molecule has 1 aliphatic heterocycles. The average Bonchev–Trinajstić information content (AvgIpc) is 2.67. The molecule has 29 heavy (non-hydrogen) atoms. The van der Waals surface area contributed by atoms with Crippen molar-refractivity contribution in [3.8, 4) is 0 Å². The van der Waals surface area contributed by atoms with E-state index in [2.05, 4.69) is 22.8 Å². The van der Waals surface area contributed by atoms with Gasteiger partial charge in [-0.05, 0) is 68.9 Å². The number of fused-ring (bicyclic) bond motifs is 1. The molecule has 1 unspecified atom stereocenters. The molecule has 1 fully saturated rings. The summed E-state index contributed by atoms with van der Waals surface area (Å²) in [4.78, 5) is 26.4.